The van der Waals surface area contributed by atoms with Gasteiger partial charge in [-0.15, -0.1) is 0 Å². The molecule has 0 fully saturated rings. The molecule has 4 nitrogen and oxygen atoms in total. The molecular formula is C13H18N4. The summed E-state index contributed by atoms with van der Waals surface area (Å²) in [6.07, 6.45) is 3.77. The summed E-state index contributed by atoms with van der Waals surface area (Å²) >= 11 is 0. The Morgan fingerprint density at radius 3 is 2.53 bits per heavy atom. The summed E-state index contributed by atoms with van der Waals surface area (Å²) in [5, 5.41) is 3.30. The van der Waals surface area contributed by atoms with E-state index in [1.807, 2.05) is 20.3 Å². The zero-order valence-electron chi connectivity index (χ0n) is 10.5. The van der Waals surface area contributed by atoms with E-state index in [1.54, 1.807) is 6.20 Å². The summed E-state index contributed by atoms with van der Waals surface area (Å²) in [6, 6.07) is 8.29. The maximum absolute atomic E-state index is 4.28. The molecule has 1 heterocycles. The first-order valence-electron chi connectivity index (χ1n) is 5.76. The SMILES string of the molecule is CCn1ccnc1Nc1ccc(N(C)C)cc1. The van der Waals surface area contributed by atoms with E-state index in [-0.39, 0.29) is 0 Å². The van der Waals surface area contributed by atoms with Crippen LogP contribution in [-0.4, -0.2) is 23.6 Å². The second-order valence-corrected chi connectivity index (χ2v) is 4.10. The van der Waals surface area contributed by atoms with Crippen LogP contribution < -0.4 is 10.2 Å². The predicted molar refractivity (Wildman–Crippen MR) is 72.0 cm³/mol. The Labute approximate surface area is 102 Å². The van der Waals surface area contributed by atoms with Crippen LogP contribution in [0.5, 0.6) is 0 Å². The highest BCUT2D eigenvalue weighted by atomic mass is 15.2. The molecule has 90 valence electrons. The lowest BCUT2D eigenvalue weighted by Crippen LogP contribution is -2.08. The summed E-state index contributed by atoms with van der Waals surface area (Å²) in [4.78, 5) is 6.36. The van der Waals surface area contributed by atoms with E-state index >= 15 is 0 Å². The number of hydrogen-bond donors (Lipinski definition) is 1. The average molecular weight is 230 g/mol. The second kappa shape index (κ2) is 4.91. The van der Waals surface area contributed by atoms with Gasteiger partial charge in [-0.1, -0.05) is 0 Å². The molecule has 0 spiro atoms. The molecule has 0 bridgehead atoms. The second-order valence-electron chi connectivity index (χ2n) is 4.10. The van der Waals surface area contributed by atoms with Crippen molar-refractivity contribution in [1.82, 2.24) is 9.55 Å². The van der Waals surface area contributed by atoms with Gasteiger partial charge in [0, 0.05) is 44.4 Å². The fraction of sp³-hybridized carbons (Fsp3) is 0.308. The summed E-state index contributed by atoms with van der Waals surface area (Å²) in [6.45, 7) is 3.01. The van der Waals surface area contributed by atoms with Crippen LogP contribution in [0.4, 0.5) is 17.3 Å². The van der Waals surface area contributed by atoms with E-state index < -0.39 is 0 Å². The first-order chi connectivity index (χ1) is 8.20. The molecule has 0 aliphatic carbocycles. The third-order valence-corrected chi connectivity index (χ3v) is 2.70. The van der Waals surface area contributed by atoms with Gasteiger partial charge in [0.05, 0.1) is 0 Å². The van der Waals surface area contributed by atoms with Crippen molar-refractivity contribution in [2.75, 3.05) is 24.3 Å². The Bertz CT molecular complexity index is 470. The molecule has 1 aromatic heterocycles. The molecule has 0 saturated heterocycles. The average Bonchev–Trinajstić information content (AvgIpc) is 2.77. The number of rotatable bonds is 4. The summed E-state index contributed by atoms with van der Waals surface area (Å²) < 4.78 is 2.07. The van der Waals surface area contributed by atoms with E-state index in [2.05, 4.69) is 51.0 Å². The van der Waals surface area contributed by atoms with Gasteiger partial charge in [0.2, 0.25) is 5.95 Å². The van der Waals surface area contributed by atoms with Gasteiger partial charge in [-0.3, -0.25) is 0 Å². The first kappa shape index (κ1) is 11.5. The number of benzene rings is 1. The summed E-state index contributed by atoms with van der Waals surface area (Å²) in [5.41, 5.74) is 2.24. The van der Waals surface area contributed by atoms with Gasteiger partial charge in [0.25, 0.3) is 0 Å². The maximum Gasteiger partial charge on any atom is 0.207 e. The maximum atomic E-state index is 4.28. The quantitative estimate of drug-likeness (QED) is 0.876. The molecule has 0 saturated carbocycles. The Hall–Kier alpha value is -1.97. The highest BCUT2D eigenvalue weighted by Gasteiger charge is 2.01. The molecule has 1 aromatic carbocycles. The number of nitrogens with zero attached hydrogens (tertiary/aromatic N) is 3. The molecule has 0 unspecified atom stereocenters. The van der Waals surface area contributed by atoms with Crippen LogP contribution in [0.2, 0.25) is 0 Å². The smallest absolute Gasteiger partial charge is 0.207 e. The summed E-state index contributed by atoms with van der Waals surface area (Å²) in [7, 11) is 4.07. The molecule has 0 amide bonds. The molecule has 2 aromatic rings. The Morgan fingerprint density at radius 2 is 1.94 bits per heavy atom. The molecule has 17 heavy (non-hydrogen) atoms. The minimum Gasteiger partial charge on any atom is -0.378 e. The molecule has 0 atom stereocenters. The number of aryl methyl sites for hydroxylation is 1. The number of aromatic nitrogens is 2. The van der Waals surface area contributed by atoms with Crippen molar-refractivity contribution in [3.05, 3.63) is 36.7 Å². The van der Waals surface area contributed by atoms with Crippen molar-refractivity contribution >= 4 is 17.3 Å². The molecule has 2 rings (SSSR count). The lowest BCUT2D eigenvalue weighted by Gasteiger charge is -2.13. The molecule has 4 heteroatoms. The normalized spacial score (nSPS) is 10.3. The summed E-state index contributed by atoms with van der Waals surface area (Å²) in [5.74, 6) is 0.880. The Balaban J connectivity index is 2.14. The van der Waals surface area contributed by atoms with Crippen LogP contribution >= 0.6 is 0 Å². The van der Waals surface area contributed by atoms with Gasteiger partial charge in [0.1, 0.15) is 0 Å². The van der Waals surface area contributed by atoms with E-state index in [9.17, 15) is 0 Å². The Morgan fingerprint density at radius 1 is 1.24 bits per heavy atom. The van der Waals surface area contributed by atoms with Gasteiger partial charge in [-0.25, -0.2) is 4.98 Å². The minimum atomic E-state index is 0.880. The van der Waals surface area contributed by atoms with E-state index in [0.717, 1.165) is 18.2 Å². The van der Waals surface area contributed by atoms with Crippen molar-refractivity contribution in [3.63, 3.8) is 0 Å². The molecule has 1 N–H and O–H groups in total. The monoisotopic (exact) mass is 230 g/mol. The lowest BCUT2D eigenvalue weighted by atomic mass is 10.2. The molecular weight excluding hydrogens is 212 g/mol. The number of nitrogens with one attached hydrogen (secondary N) is 1. The molecule has 0 radical (unpaired) electrons. The standard InChI is InChI=1S/C13H18N4/c1-4-17-10-9-14-13(17)15-11-5-7-12(8-6-11)16(2)3/h5-10H,4H2,1-3H3,(H,14,15). The van der Waals surface area contributed by atoms with Crippen molar-refractivity contribution in [1.29, 1.82) is 0 Å². The van der Waals surface area contributed by atoms with Gasteiger partial charge in [-0.2, -0.15) is 0 Å². The number of hydrogen-bond acceptors (Lipinski definition) is 3. The van der Waals surface area contributed by atoms with Crippen molar-refractivity contribution in [3.8, 4) is 0 Å². The van der Waals surface area contributed by atoms with E-state index in [0.29, 0.717) is 0 Å². The minimum absolute atomic E-state index is 0.880. The molecule has 0 aliphatic rings. The van der Waals surface area contributed by atoms with Crippen molar-refractivity contribution < 1.29 is 0 Å². The zero-order chi connectivity index (χ0) is 12.3. The zero-order valence-corrected chi connectivity index (χ0v) is 10.5. The van der Waals surface area contributed by atoms with Crippen LogP contribution in [0.1, 0.15) is 6.92 Å². The van der Waals surface area contributed by atoms with Crippen LogP contribution in [0.15, 0.2) is 36.7 Å². The van der Waals surface area contributed by atoms with Crippen molar-refractivity contribution in [2.45, 2.75) is 13.5 Å². The lowest BCUT2D eigenvalue weighted by molar-refractivity contribution is 0.772. The highest BCUT2D eigenvalue weighted by molar-refractivity contribution is 5.59. The topological polar surface area (TPSA) is 33.1 Å². The first-order valence-corrected chi connectivity index (χ1v) is 5.76. The predicted octanol–water partition coefficient (Wildman–Crippen LogP) is 2.71. The molecule has 0 aliphatic heterocycles. The van der Waals surface area contributed by atoms with Crippen LogP contribution in [0, 0.1) is 0 Å². The largest absolute Gasteiger partial charge is 0.378 e. The third-order valence-electron chi connectivity index (χ3n) is 2.70. The fourth-order valence-corrected chi connectivity index (χ4v) is 1.66. The van der Waals surface area contributed by atoms with Crippen LogP contribution in [0.3, 0.4) is 0 Å². The number of imidazole rings is 1. The highest BCUT2D eigenvalue weighted by Crippen LogP contribution is 2.19. The van der Waals surface area contributed by atoms with E-state index in [1.165, 1.54) is 5.69 Å². The van der Waals surface area contributed by atoms with Gasteiger partial charge < -0.3 is 14.8 Å². The van der Waals surface area contributed by atoms with Gasteiger partial charge in [0.15, 0.2) is 0 Å². The van der Waals surface area contributed by atoms with Gasteiger partial charge in [-0.05, 0) is 31.2 Å². The third kappa shape index (κ3) is 2.58. The fourth-order valence-electron chi connectivity index (χ4n) is 1.66. The Kier molecular flexibility index (Phi) is 3.32. The van der Waals surface area contributed by atoms with Crippen LogP contribution in [0.25, 0.3) is 0 Å². The van der Waals surface area contributed by atoms with E-state index in [4.69, 9.17) is 0 Å². The van der Waals surface area contributed by atoms with Crippen molar-refractivity contribution in [2.24, 2.45) is 0 Å². The number of anilines is 3. The van der Waals surface area contributed by atoms with Crippen LogP contribution in [-0.2, 0) is 6.54 Å². The van der Waals surface area contributed by atoms with Gasteiger partial charge >= 0.3 is 0 Å².